The fraction of sp³-hybridized carbons (Fsp3) is 0.714. The van der Waals surface area contributed by atoms with Crippen molar-refractivity contribution in [3.05, 3.63) is 48.1 Å². The van der Waals surface area contributed by atoms with Gasteiger partial charge in [0.1, 0.15) is 6.61 Å². The number of Topliss-reactive ketones (excluding diaryl/α,β-unsaturated/α-hetero) is 1. The summed E-state index contributed by atoms with van der Waals surface area (Å²) in [5.74, 6) is -2.46. The summed E-state index contributed by atoms with van der Waals surface area (Å²) in [6.45, 7) is 4.17. The molecular weight excluding hydrogens is 632 g/mol. The Morgan fingerprint density at radius 2 is 1.54 bits per heavy atom. The summed E-state index contributed by atoms with van der Waals surface area (Å²) in [5, 5.41) is 23.3. The first-order chi connectivity index (χ1) is 24.1. The van der Waals surface area contributed by atoms with Crippen LogP contribution < -0.4 is 0 Å². The van der Waals surface area contributed by atoms with Crippen molar-refractivity contribution in [1.29, 1.82) is 0 Å². The fourth-order valence-corrected chi connectivity index (χ4v) is 9.25. The number of rotatable bonds is 21. The van der Waals surface area contributed by atoms with Gasteiger partial charge in [0, 0.05) is 17.8 Å². The van der Waals surface area contributed by atoms with E-state index < -0.39 is 41.6 Å². The lowest BCUT2D eigenvalue weighted by Gasteiger charge is -2.57. The van der Waals surface area contributed by atoms with E-state index in [1.54, 1.807) is 12.2 Å². The number of unbranched alkanes of at least 4 members (excludes halogenated alkanes) is 9. The molecule has 278 valence electrons. The van der Waals surface area contributed by atoms with Gasteiger partial charge in [-0.15, -0.1) is 0 Å². The predicted octanol–water partition coefficient (Wildman–Crippen LogP) is 7.86. The molecule has 50 heavy (non-hydrogen) atoms. The Balaban J connectivity index is 1.05. The topological polar surface area (TPSA) is 127 Å². The minimum atomic E-state index is -1.36. The molecule has 0 aromatic carbocycles. The second-order valence-corrected chi connectivity index (χ2v) is 15.3. The Hall–Kier alpha value is -2.84. The van der Waals surface area contributed by atoms with E-state index in [9.17, 15) is 29.4 Å². The van der Waals surface area contributed by atoms with E-state index in [1.807, 2.05) is 6.08 Å². The van der Waals surface area contributed by atoms with Gasteiger partial charge in [0.2, 0.25) is 0 Å². The van der Waals surface area contributed by atoms with Crippen LogP contribution in [0.25, 0.3) is 0 Å². The Bertz CT molecular complexity index is 1280. The molecule has 0 spiro atoms. The molecule has 7 atom stereocenters. The van der Waals surface area contributed by atoms with Gasteiger partial charge in [0.25, 0.3) is 0 Å². The quantitative estimate of drug-likeness (QED) is 0.0707. The van der Waals surface area contributed by atoms with E-state index in [1.165, 1.54) is 44.9 Å². The number of aliphatic hydroxyl groups excluding tert-OH is 1. The summed E-state index contributed by atoms with van der Waals surface area (Å²) >= 11 is 0. The van der Waals surface area contributed by atoms with E-state index in [2.05, 4.69) is 38.2 Å². The molecule has 3 fully saturated rings. The molecule has 0 heterocycles. The van der Waals surface area contributed by atoms with Crippen molar-refractivity contribution in [3.8, 4) is 0 Å². The van der Waals surface area contributed by atoms with Crippen molar-refractivity contribution in [3.63, 3.8) is 0 Å². The number of carbonyl (C=O) groups is 4. The Morgan fingerprint density at radius 3 is 2.26 bits per heavy atom. The van der Waals surface area contributed by atoms with Crippen LogP contribution in [0.4, 0.5) is 0 Å². The Labute approximate surface area is 299 Å². The van der Waals surface area contributed by atoms with Crippen LogP contribution in [0, 0.1) is 29.1 Å². The Morgan fingerprint density at radius 1 is 0.880 bits per heavy atom. The first-order valence-electron chi connectivity index (χ1n) is 19.6. The normalized spacial score (nSPS) is 30.2. The number of hydrogen-bond donors (Lipinski definition) is 2. The summed E-state index contributed by atoms with van der Waals surface area (Å²) in [7, 11) is 0. The number of allylic oxidation sites excluding steroid dienone is 8. The van der Waals surface area contributed by atoms with Crippen LogP contribution in [0.15, 0.2) is 48.1 Å². The van der Waals surface area contributed by atoms with Crippen molar-refractivity contribution in [2.75, 3.05) is 13.2 Å². The largest absolute Gasteiger partial charge is 0.466 e. The molecule has 2 N–H and O–H groups in total. The third-order valence-corrected chi connectivity index (χ3v) is 11.9. The average Bonchev–Trinajstić information content (AvgIpc) is 3.44. The van der Waals surface area contributed by atoms with E-state index in [0.717, 1.165) is 50.5 Å². The van der Waals surface area contributed by atoms with Crippen LogP contribution in [0.5, 0.6) is 0 Å². The molecule has 0 aromatic rings. The fourth-order valence-electron chi connectivity index (χ4n) is 9.25. The maximum Gasteiger partial charge on any atom is 0.306 e. The molecule has 0 amide bonds. The molecule has 8 heteroatoms. The van der Waals surface area contributed by atoms with Crippen LogP contribution >= 0.6 is 0 Å². The van der Waals surface area contributed by atoms with Crippen molar-refractivity contribution < 1.29 is 38.9 Å². The molecule has 3 unspecified atom stereocenters. The molecule has 3 saturated carbocycles. The highest BCUT2D eigenvalue weighted by atomic mass is 16.5. The van der Waals surface area contributed by atoms with Gasteiger partial charge >= 0.3 is 11.9 Å². The van der Waals surface area contributed by atoms with E-state index in [0.29, 0.717) is 19.4 Å². The highest BCUT2D eigenvalue weighted by Crippen LogP contribution is 2.63. The maximum absolute atomic E-state index is 13.3. The number of ketones is 2. The standard InChI is InChI=1S/C42H62O8/c1-3-4-5-6-7-8-9-10-11-12-13-14-15-16-17-18-27-49-38(46)23-24-39(47)50-30-37(45)35-22-21-34-33-20-19-31-28-32(43)25-26-41(31,2)40(33)36(44)29-42(34,35)48/h7-8,10-11,25-26,28,33-36,40,44,48H,3-6,9,12-24,27,29-30H2,1-2H3/b8-7-,11-10-/t33-,34?,35+,36-,40?,41-,42?/m0/s1. The maximum atomic E-state index is 13.3. The average molecular weight is 695 g/mol. The summed E-state index contributed by atoms with van der Waals surface area (Å²) in [4.78, 5) is 49.8. The van der Waals surface area contributed by atoms with Gasteiger partial charge in [-0.3, -0.25) is 19.2 Å². The highest BCUT2D eigenvalue weighted by molar-refractivity contribution is 6.01. The molecule has 4 aliphatic carbocycles. The first kappa shape index (κ1) is 39.9. The molecule has 4 aliphatic rings. The van der Waals surface area contributed by atoms with Crippen LogP contribution in [0.2, 0.25) is 0 Å². The van der Waals surface area contributed by atoms with Crippen molar-refractivity contribution in [2.24, 2.45) is 29.1 Å². The summed E-state index contributed by atoms with van der Waals surface area (Å²) < 4.78 is 10.5. The van der Waals surface area contributed by atoms with Gasteiger partial charge < -0.3 is 19.7 Å². The number of hydrogen-bond acceptors (Lipinski definition) is 8. The van der Waals surface area contributed by atoms with Gasteiger partial charge in [-0.05, 0) is 88.2 Å². The van der Waals surface area contributed by atoms with Gasteiger partial charge in [-0.25, -0.2) is 0 Å². The zero-order valence-corrected chi connectivity index (χ0v) is 30.6. The monoisotopic (exact) mass is 694 g/mol. The second-order valence-electron chi connectivity index (χ2n) is 15.3. The van der Waals surface area contributed by atoms with Crippen LogP contribution in [-0.4, -0.2) is 58.6 Å². The van der Waals surface area contributed by atoms with Crippen molar-refractivity contribution in [2.45, 2.75) is 148 Å². The molecule has 0 bridgehead atoms. The van der Waals surface area contributed by atoms with Crippen molar-refractivity contribution >= 4 is 23.5 Å². The van der Waals surface area contributed by atoms with Gasteiger partial charge in [-0.2, -0.15) is 0 Å². The van der Waals surface area contributed by atoms with E-state index >= 15 is 0 Å². The lowest BCUT2D eigenvalue weighted by molar-refractivity contribution is -0.175. The zero-order chi connectivity index (χ0) is 36.0. The minimum Gasteiger partial charge on any atom is -0.466 e. The first-order valence-corrected chi connectivity index (χ1v) is 19.6. The molecule has 0 saturated heterocycles. The molecular formula is C42H62O8. The summed E-state index contributed by atoms with van der Waals surface area (Å²) in [6.07, 6.45) is 29.5. The molecule has 0 radical (unpaired) electrons. The third-order valence-electron chi connectivity index (χ3n) is 11.9. The SMILES string of the molecule is CCCCC/C=C\C/C=C\CCCCCCCCOC(=O)CCC(=O)OCC(=O)[C@H]1CCC2[C@@H]3CCC4=CC(=O)C=C[C@]4(C)C3[C@@H](O)CC21O. The highest BCUT2D eigenvalue weighted by Gasteiger charge is 2.64. The molecule has 0 aromatic heterocycles. The third kappa shape index (κ3) is 10.6. The predicted molar refractivity (Wildman–Crippen MR) is 194 cm³/mol. The lowest BCUT2D eigenvalue weighted by atomic mass is 9.49. The number of aliphatic hydroxyl groups is 2. The van der Waals surface area contributed by atoms with E-state index in [-0.39, 0.29) is 48.6 Å². The second kappa shape index (κ2) is 19.7. The minimum absolute atomic E-state index is 0.0187. The smallest absolute Gasteiger partial charge is 0.306 e. The van der Waals surface area contributed by atoms with Crippen LogP contribution in [-0.2, 0) is 28.7 Å². The van der Waals surface area contributed by atoms with Gasteiger partial charge in [0.15, 0.2) is 11.6 Å². The summed E-state index contributed by atoms with van der Waals surface area (Å²) in [5.41, 5.74) is -0.769. The van der Waals surface area contributed by atoms with Gasteiger partial charge in [0.05, 0.1) is 37.1 Å². The number of carbonyl (C=O) groups excluding carboxylic acids is 4. The molecule has 4 rings (SSSR count). The number of esters is 2. The van der Waals surface area contributed by atoms with E-state index in [4.69, 9.17) is 9.47 Å². The van der Waals surface area contributed by atoms with Gasteiger partial charge in [-0.1, -0.05) is 88.3 Å². The van der Waals surface area contributed by atoms with Crippen LogP contribution in [0.1, 0.15) is 136 Å². The number of fused-ring (bicyclic) bond motifs is 5. The molecule has 8 nitrogen and oxygen atoms in total. The zero-order valence-electron chi connectivity index (χ0n) is 30.6. The van der Waals surface area contributed by atoms with Crippen molar-refractivity contribution in [1.82, 2.24) is 0 Å². The Kier molecular flexibility index (Phi) is 15.7. The van der Waals surface area contributed by atoms with Crippen LogP contribution in [0.3, 0.4) is 0 Å². The number of ether oxygens (including phenoxy) is 2. The lowest BCUT2D eigenvalue weighted by Crippen LogP contribution is -2.60. The summed E-state index contributed by atoms with van der Waals surface area (Å²) in [6, 6.07) is 0. The molecule has 0 aliphatic heterocycles.